The molecule has 19 heavy (non-hydrogen) atoms. The fourth-order valence-electron chi connectivity index (χ4n) is 1.91. The van der Waals surface area contributed by atoms with Crippen LogP contribution >= 0.6 is 11.3 Å². The molecule has 0 radical (unpaired) electrons. The molecule has 2 aromatic rings. The normalized spacial score (nSPS) is 11.1. The molecule has 0 aliphatic heterocycles. The first kappa shape index (κ1) is 14.3. The van der Waals surface area contributed by atoms with Crippen molar-refractivity contribution in [1.29, 1.82) is 0 Å². The fraction of sp³-hybridized carbons (Fsp3) is 0.533. The van der Waals surface area contributed by atoms with Gasteiger partial charge in [0, 0.05) is 11.3 Å². The Bertz CT molecular complexity index is 490. The van der Waals surface area contributed by atoms with E-state index in [1.807, 2.05) is 6.20 Å². The predicted molar refractivity (Wildman–Crippen MR) is 80.7 cm³/mol. The molecular weight excluding hydrogens is 256 g/mol. The van der Waals surface area contributed by atoms with Gasteiger partial charge in [0.2, 0.25) is 0 Å². The van der Waals surface area contributed by atoms with E-state index in [9.17, 15) is 0 Å². The Morgan fingerprint density at radius 1 is 1.26 bits per heavy atom. The zero-order chi connectivity index (χ0) is 13.5. The zero-order valence-electron chi connectivity index (χ0n) is 11.7. The highest BCUT2D eigenvalue weighted by molar-refractivity contribution is 7.15. The number of aromatic nitrogens is 1. The molecule has 0 spiro atoms. The van der Waals surface area contributed by atoms with Gasteiger partial charge in [0.25, 0.3) is 0 Å². The minimum absolute atomic E-state index is 0.847. The molecule has 2 heterocycles. The molecule has 0 aliphatic rings. The number of thiophene rings is 1. The first-order valence-corrected chi connectivity index (χ1v) is 7.89. The van der Waals surface area contributed by atoms with Crippen molar-refractivity contribution >= 4 is 11.3 Å². The molecule has 0 unspecified atom stereocenters. The summed E-state index contributed by atoms with van der Waals surface area (Å²) in [5, 5.41) is 3.39. The molecule has 0 atom stereocenters. The summed E-state index contributed by atoms with van der Waals surface area (Å²) in [7, 11) is 0. The van der Waals surface area contributed by atoms with Gasteiger partial charge >= 0.3 is 0 Å². The Labute approximate surface area is 119 Å². The van der Waals surface area contributed by atoms with Gasteiger partial charge in [-0.25, -0.2) is 4.98 Å². The van der Waals surface area contributed by atoms with E-state index >= 15 is 0 Å². The summed E-state index contributed by atoms with van der Waals surface area (Å²) < 4.78 is 5.81. The molecule has 4 heteroatoms. The standard InChI is InChI=1S/C15H22N2OS/c1-3-9-16-10-5-6-15-17-11-13(18-15)14-8-7-12(4-2)19-14/h7-8,11,16H,3-6,9-10H2,1-2H3. The van der Waals surface area contributed by atoms with E-state index in [2.05, 4.69) is 36.3 Å². The Kier molecular flexibility index (Phi) is 5.61. The van der Waals surface area contributed by atoms with Gasteiger partial charge in [-0.3, -0.25) is 0 Å². The van der Waals surface area contributed by atoms with E-state index in [4.69, 9.17) is 4.42 Å². The van der Waals surface area contributed by atoms with Crippen LogP contribution in [-0.2, 0) is 12.8 Å². The minimum Gasteiger partial charge on any atom is -0.440 e. The van der Waals surface area contributed by atoms with Crippen LogP contribution in [-0.4, -0.2) is 18.1 Å². The summed E-state index contributed by atoms with van der Waals surface area (Å²) in [5.41, 5.74) is 0. The zero-order valence-corrected chi connectivity index (χ0v) is 12.6. The molecule has 0 aromatic carbocycles. The van der Waals surface area contributed by atoms with Crippen molar-refractivity contribution in [2.45, 2.75) is 39.5 Å². The molecule has 3 nitrogen and oxygen atoms in total. The van der Waals surface area contributed by atoms with Gasteiger partial charge in [-0.1, -0.05) is 13.8 Å². The smallest absolute Gasteiger partial charge is 0.194 e. The minimum atomic E-state index is 0.847. The van der Waals surface area contributed by atoms with Crippen molar-refractivity contribution in [3.63, 3.8) is 0 Å². The summed E-state index contributed by atoms with van der Waals surface area (Å²) in [6.07, 6.45) is 6.09. The third-order valence-corrected chi connectivity index (χ3v) is 4.22. The highest BCUT2D eigenvalue weighted by Gasteiger charge is 2.08. The molecule has 0 amide bonds. The van der Waals surface area contributed by atoms with Gasteiger partial charge in [-0.05, 0) is 44.5 Å². The molecule has 0 saturated heterocycles. The van der Waals surface area contributed by atoms with E-state index in [0.717, 1.165) is 44.0 Å². The van der Waals surface area contributed by atoms with Crippen LogP contribution in [0, 0.1) is 0 Å². The van der Waals surface area contributed by atoms with Crippen molar-refractivity contribution in [3.8, 4) is 10.6 Å². The highest BCUT2D eigenvalue weighted by atomic mass is 32.1. The van der Waals surface area contributed by atoms with E-state index in [0.29, 0.717) is 0 Å². The van der Waals surface area contributed by atoms with Crippen LogP contribution in [0.15, 0.2) is 22.7 Å². The maximum atomic E-state index is 5.81. The lowest BCUT2D eigenvalue weighted by molar-refractivity contribution is 0.492. The largest absolute Gasteiger partial charge is 0.440 e. The Morgan fingerprint density at radius 3 is 2.89 bits per heavy atom. The number of aryl methyl sites for hydroxylation is 2. The van der Waals surface area contributed by atoms with E-state index < -0.39 is 0 Å². The van der Waals surface area contributed by atoms with Crippen LogP contribution in [0.25, 0.3) is 10.6 Å². The van der Waals surface area contributed by atoms with Gasteiger partial charge in [0.15, 0.2) is 11.7 Å². The summed E-state index contributed by atoms with van der Waals surface area (Å²) >= 11 is 1.79. The molecule has 1 N–H and O–H groups in total. The van der Waals surface area contributed by atoms with E-state index in [1.54, 1.807) is 11.3 Å². The topological polar surface area (TPSA) is 38.1 Å². The van der Waals surface area contributed by atoms with Crippen LogP contribution in [0.2, 0.25) is 0 Å². The maximum absolute atomic E-state index is 5.81. The molecule has 0 bridgehead atoms. The van der Waals surface area contributed by atoms with Crippen LogP contribution < -0.4 is 5.32 Å². The number of oxazole rings is 1. The molecule has 0 fully saturated rings. The van der Waals surface area contributed by atoms with Crippen molar-refractivity contribution in [2.75, 3.05) is 13.1 Å². The molecule has 0 saturated carbocycles. The first-order chi connectivity index (χ1) is 9.33. The molecular formula is C15H22N2OS. The number of nitrogens with one attached hydrogen (secondary N) is 1. The van der Waals surface area contributed by atoms with Crippen LogP contribution in [0.1, 0.15) is 37.5 Å². The summed E-state index contributed by atoms with van der Waals surface area (Å²) in [6, 6.07) is 4.29. The van der Waals surface area contributed by atoms with Crippen molar-refractivity contribution < 1.29 is 4.42 Å². The number of nitrogens with zero attached hydrogens (tertiary/aromatic N) is 1. The highest BCUT2D eigenvalue weighted by Crippen LogP contribution is 2.29. The first-order valence-electron chi connectivity index (χ1n) is 7.08. The quantitative estimate of drug-likeness (QED) is 0.744. The second-order valence-electron chi connectivity index (χ2n) is 4.59. The molecule has 2 aromatic heterocycles. The average Bonchev–Trinajstić information content (AvgIpc) is 3.07. The molecule has 104 valence electrons. The van der Waals surface area contributed by atoms with E-state index in [1.165, 1.54) is 16.2 Å². The summed E-state index contributed by atoms with van der Waals surface area (Å²) in [5.74, 6) is 1.75. The molecule has 2 rings (SSSR count). The van der Waals surface area contributed by atoms with Crippen LogP contribution in [0.5, 0.6) is 0 Å². The lowest BCUT2D eigenvalue weighted by Crippen LogP contribution is -2.16. The van der Waals surface area contributed by atoms with Crippen molar-refractivity contribution in [3.05, 3.63) is 29.1 Å². The van der Waals surface area contributed by atoms with Gasteiger partial charge in [0.1, 0.15) is 0 Å². The predicted octanol–water partition coefficient (Wildman–Crippen LogP) is 3.90. The van der Waals surface area contributed by atoms with E-state index in [-0.39, 0.29) is 0 Å². The number of hydrogen-bond donors (Lipinski definition) is 1. The third-order valence-electron chi connectivity index (χ3n) is 2.98. The van der Waals surface area contributed by atoms with Gasteiger partial charge < -0.3 is 9.73 Å². The van der Waals surface area contributed by atoms with Crippen LogP contribution in [0.4, 0.5) is 0 Å². The van der Waals surface area contributed by atoms with Crippen molar-refractivity contribution in [1.82, 2.24) is 10.3 Å². The van der Waals surface area contributed by atoms with Gasteiger partial charge in [0.05, 0.1) is 11.1 Å². The summed E-state index contributed by atoms with van der Waals surface area (Å²) in [4.78, 5) is 6.92. The van der Waals surface area contributed by atoms with Crippen molar-refractivity contribution in [2.24, 2.45) is 0 Å². The lowest BCUT2D eigenvalue weighted by Gasteiger charge is -2.00. The Morgan fingerprint density at radius 2 is 2.16 bits per heavy atom. The van der Waals surface area contributed by atoms with Gasteiger partial charge in [-0.15, -0.1) is 11.3 Å². The number of rotatable bonds is 8. The average molecular weight is 278 g/mol. The maximum Gasteiger partial charge on any atom is 0.194 e. The second kappa shape index (κ2) is 7.46. The Hall–Kier alpha value is -1.13. The lowest BCUT2D eigenvalue weighted by atomic mass is 10.3. The Balaban J connectivity index is 1.84. The summed E-state index contributed by atoms with van der Waals surface area (Å²) in [6.45, 7) is 6.47. The third kappa shape index (κ3) is 4.18. The number of hydrogen-bond acceptors (Lipinski definition) is 4. The monoisotopic (exact) mass is 278 g/mol. The molecule has 0 aliphatic carbocycles. The second-order valence-corrected chi connectivity index (χ2v) is 5.76. The SMILES string of the molecule is CCCNCCCc1ncc(-c2ccc(CC)s2)o1. The fourth-order valence-corrected chi connectivity index (χ4v) is 2.80. The van der Waals surface area contributed by atoms with Crippen LogP contribution in [0.3, 0.4) is 0 Å². The van der Waals surface area contributed by atoms with Gasteiger partial charge in [-0.2, -0.15) is 0 Å².